The highest BCUT2D eigenvalue weighted by atomic mass is 32.2. The van der Waals surface area contributed by atoms with Crippen LogP contribution in [0.4, 0.5) is 0 Å². The van der Waals surface area contributed by atoms with Crippen LogP contribution in [-0.4, -0.2) is 13.0 Å². The van der Waals surface area contributed by atoms with Crippen LogP contribution >= 0.6 is 0 Å². The minimum Gasteiger partial charge on any atom is -0.282 e. The molecule has 0 spiro atoms. The first-order valence-corrected chi connectivity index (χ1v) is 6.89. The molecule has 0 atom stereocenters. The molecule has 0 radical (unpaired) electrons. The van der Waals surface area contributed by atoms with Gasteiger partial charge in [0.15, 0.2) is 0 Å². The van der Waals surface area contributed by atoms with E-state index in [0.29, 0.717) is 0 Å². The van der Waals surface area contributed by atoms with Gasteiger partial charge in [0.1, 0.15) is 0 Å². The van der Waals surface area contributed by atoms with Crippen LogP contribution in [0.2, 0.25) is 0 Å². The average molecular weight is 258 g/mol. The zero-order valence-corrected chi connectivity index (χ0v) is 10.2. The Kier molecular flexibility index (Phi) is 2.36. The molecule has 1 N–H and O–H groups in total. The van der Waals surface area contributed by atoms with Gasteiger partial charge in [0, 0.05) is 0 Å². The van der Waals surface area contributed by atoms with Crippen LogP contribution in [0.1, 0.15) is 0 Å². The molecule has 3 aromatic carbocycles. The maximum Gasteiger partial charge on any atom is 0.294 e. The fourth-order valence-electron chi connectivity index (χ4n) is 2.15. The van der Waals surface area contributed by atoms with Gasteiger partial charge in [0.2, 0.25) is 0 Å². The van der Waals surface area contributed by atoms with Gasteiger partial charge in [0.05, 0.1) is 4.90 Å². The SMILES string of the molecule is O=S(=O)(O)c1ccc2c(ccc3ccccc32)c1. The molecule has 0 aromatic heterocycles. The van der Waals surface area contributed by atoms with Gasteiger partial charge in [-0.25, -0.2) is 0 Å². The number of rotatable bonds is 1. The van der Waals surface area contributed by atoms with Crippen LogP contribution in [0.3, 0.4) is 0 Å². The first kappa shape index (κ1) is 11.2. The van der Waals surface area contributed by atoms with Crippen molar-refractivity contribution in [2.45, 2.75) is 4.90 Å². The van der Waals surface area contributed by atoms with E-state index >= 15 is 0 Å². The lowest BCUT2D eigenvalue weighted by Gasteiger charge is -2.05. The number of hydrogen-bond acceptors (Lipinski definition) is 2. The highest BCUT2D eigenvalue weighted by Gasteiger charge is 2.10. The molecule has 0 bridgehead atoms. The fourth-order valence-corrected chi connectivity index (χ4v) is 2.67. The molecule has 0 aliphatic carbocycles. The summed E-state index contributed by atoms with van der Waals surface area (Å²) in [5.74, 6) is 0. The van der Waals surface area contributed by atoms with Crippen LogP contribution in [0.25, 0.3) is 21.5 Å². The minimum absolute atomic E-state index is 0.0784. The van der Waals surface area contributed by atoms with Crippen molar-refractivity contribution in [1.82, 2.24) is 0 Å². The third-order valence-electron chi connectivity index (χ3n) is 3.01. The summed E-state index contributed by atoms with van der Waals surface area (Å²) in [5, 5.41) is 3.94. The Morgan fingerprint density at radius 1 is 0.778 bits per heavy atom. The molecular weight excluding hydrogens is 248 g/mol. The molecule has 0 fully saturated rings. The quantitative estimate of drug-likeness (QED) is 0.538. The van der Waals surface area contributed by atoms with Crippen LogP contribution in [0, 0.1) is 0 Å². The van der Waals surface area contributed by atoms with E-state index < -0.39 is 10.1 Å². The Morgan fingerprint density at radius 2 is 1.44 bits per heavy atom. The van der Waals surface area contributed by atoms with Crippen LogP contribution < -0.4 is 0 Å². The van der Waals surface area contributed by atoms with Gasteiger partial charge in [-0.15, -0.1) is 0 Å². The molecule has 3 rings (SSSR count). The average Bonchev–Trinajstić information content (AvgIpc) is 2.37. The molecule has 0 aliphatic heterocycles. The van der Waals surface area contributed by atoms with E-state index in [1.165, 1.54) is 12.1 Å². The molecule has 0 aliphatic rings. The molecular formula is C14H10O3S. The Hall–Kier alpha value is -1.91. The normalized spacial score (nSPS) is 12.1. The van der Waals surface area contributed by atoms with Crippen molar-refractivity contribution < 1.29 is 13.0 Å². The standard InChI is InChI=1S/C14H10O3S/c15-18(16,17)12-7-8-14-11(9-12)6-5-10-3-1-2-4-13(10)14/h1-9H,(H,15,16,17). The lowest BCUT2D eigenvalue weighted by molar-refractivity contribution is 0.483. The smallest absolute Gasteiger partial charge is 0.282 e. The monoisotopic (exact) mass is 258 g/mol. The van der Waals surface area contributed by atoms with Gasteiger partial charge < -0.3 is 0 Å². The van der Waals surface area contributed by atoms with Crippen molar-refractivity contribution in [3.63, 3.8) is 0 Å². The second-order valence-electron chi connectivity index (χ2n) is 4.14. The lowest BCUT2D eigenvalue weighted by atomic mass is 10.0. The first-order chi connectivity index (χ1) is 8.55. The summed E-state index contributed by atoms with van der Waals surface area (Å²) in [6.45, 7) is 0. The summed E-state index contributed by atoms with van der Waals surface area (Å²) in [6.07, 6.45) is 0. The van der Waals surface area contributed by atoms with E-state index in [2.05, 4.69) is 0 Å². The molecule has 18 heavy (non-hydrogen) atoms. The highest BCUT2D eigenvalue weighted by molar-refractivity contribution is 7.85. The van der Waals surface area contributed by atoms with Crippen molar-refractivity contribution in [1.29, 1.82) is 0 Å². The topological polar surface area (TPSA) is 54.4 Å². The van der Waals surface area contributed by atoms with Gasteiger partial charge in [-0.05, 0) is 33.7 Å². The van der Waals surface area contributed by atoms with Gasteiger partial charge in [0.25, 0.3) is 10.1 Å². The van der Waals surface area contributed by atoms with Crippen LogP contribution in [0.15, 0.2) is 59.5 Å². The second kappa shape index (κ2) is 3.80. The second-order valence-corrected chi connectivity index (χ2v) is 5.57. The van der Waals surface area contributed by atoms with Gasteiger partial charge >= 0.3 is 0 Å². The molecule has 0 amide bonds. The summed E-state index contributed by atoms with van der Waals surface area (Å²) < 4.78 is 31.2. The van der Waals surface area contributed by atoms with E-state index in [-0.39, 0.29) is 4.90 Å². The van der Waals surface area contributed by atoms with E-state index in [1.807, 2.05) is 36.4 Å². The van der Waals surface area contributed by atoms with Crippen molar-refractivity contribution >= 4 is 31.7 Å². The van der Waals surface area contributed by atoms with Crippen molar-refractivity contribution in [2.24, 2.45) is 0 Å². The molecule has 3 nitrogen and oxygen atoms in total. The van der Waals surface area contributed by atoms with E-state index in [4.69, 9.17) is 4.55 Å². The van der Waals surface area contributed by atoms with Gasteiger partial charge in [-0.1, -0.05) is 42.5 Å². The maximum atomic E-state index is 11.1. The fraction of sp³-hybridized carbons (Fsp3) is 0. The van der Waals surface area contributed by atoms with Gasteiger partial charge in [-0.3, -0.25) is 4.55 Å². The number of fused-ring (bicyclic) bond motifs is 3. The van der Waals surface area contributed by atoms with E-state index in [1.54, 1.807) is 6.07 Å². The zero-order chi connectivity index (χ0) is 12.8. The number of benzene rings is 3. The predicted molar refractivity (Wildman–Crippen MR) is 71.3 cm³/mol. The Bertz CT molecular complexity index is 851. The summed E-state index contributed by atoms with van der Waals surface area (Å²) in [6, 6.07) is 16.3. The van der Waals surface area contributed by atoms with E-state index in [9.17, 15) is 8.42 Å². The van der Waals surface area contributed by atoms with E-state index in [0.717, 1.165) is 21.5 Å². The third-order valence-corrected chi connectivity index (χ3v) is 3.86. The van der Waals surface area contributed by atoms with Crippen molar-refractivity contribution in [2.75, 3.05) is 0 Å². The molecule has 90 valence electrons. The molecule has 0 saturated heterocycles. The zero-order valence-electron chi connectivity index (χ0n) is 9.37. The summed E-state index contributed by atoms with van der Waals surface area (Å²) >= 11 is 0. The lowest BCUT2D eigenvalue weighted by Crippen LogP contribution is -1.97. The largest absolute Gasteiger partial charge is 0.294 e. The maximum absolute atomic E-state index is 11.1. The third kappa shape index (κ3) is 1.75. The molecule has 0 saturated carbocycles. The predicted octanol–water partition coefficient (Wildman–Crippen LogP) is 3.24. The Morgan fingerprint density at radius 3 is 2.22 bits per heavy atom. The summed E-state index contributed by atoms with van der Waals surface area (Å²) in [7, 11) is -4.15. The molecule has 0 unspecified atom stereocenters. The molecule has 4 heteroatoms. The summed E-state index contributed by atoms with van der Waals surface area (Å²) in [5.41, 5.74) is 0. The van der Waals surface area contributed by atoms with Gasteiger partial charge in [-0.2, -0.15) is 8.42 Å². The summed E-state index contributed by atoms with van der Waals surface area (Å²) in [4.78, 5) is -0.0784. The highest BCUT2D eigenvalue weighted by Crippen LogP contribution is 2.27. The molecule has 0 heterocycles. The van der Waals surface area contributed by atoms with Crippen LogP contribution in [0.5, 0.6) is 0 Å². The van der Waals surface area contributed by atoms with Crippen LogP contribution in [-0.2, 0) is 10.1 Å². The molecule has 3 aromatic rings. The Labute approximate surface area is 104 Å². The first-order valence-electron chi connectivity index (χ1n) is 5.45. The van der Waals surface area contributed by atoms with Crippen molar-refractivity contribution in [3.05, 3.63) is 54.6 Å². The minimum atomic E-state index is -4.15. The number of hydrogen-bond donors (Lipinski definition) is 1. The van der Waals surface area contributed by atoms with Crippen molar-refractivity contribution in [3.8, 4) is 0 Å². The Balaban J connectivity index is 2.42.